The molecule has 0 radical (unpaired) electrons. The first-order chi connectivity index (χ1) is 7.49. The largest absolute Gasteiger partial charge is 0.384 e. The summed E-state index contributed by atoms with van der Waals surface area (Å²) in [6, 6.07) is 8.25. The molecule has 1 aromatic carbocycles. The smallest absolute Gasteiger partial charge is 0.0974 e. The lowest BCUT2D eigenvalue weighted by Crippen LogP contribution is -1.97. The van der Waals surface area contributed by atoms with E-state index in [0.29, 0.717) is 5.92 Å². The molecule has 0 aromatic heterocycles. The van der Waals surface area contributed by atoms with Crippen LogP contribution in [0.2, 0.25) is 0 Å². The van der Waals surface area contributed by atoms with Crippen LogP contribution >= 0.6 is 0 Å². The maximum atomic E-state index is 9.89. The zero-order valence-corrected chi connectivity index (χ0v) is 10.7. The van der Waals surface area contributed by atoms with Crippen LogP contribution in [-0.2, 0) is 6.42 Å². The molecule has 0 saturated carbocycles. The predicted octanol–water partition coefficient (Wildman–Crippen LogP) is 3.88. The van der Waals surface area contributed by atoms with Crippen molar-refractivity contribution in [1.82, 2.24) is 0 Å². The number of hydrogen-bond donors (Lipinski definition) is 1. The fraction of sp³-hybridized carbons (Fsp3) is 0.467. The molecule has 88 valence electrons. The van der Waals surface area contributed by atoms with Crippen LogP contribution in [0.1, 0.15) is 44.9 Å². The van der Waals surface area contributed by atoms with Crippen molar-refractivity contribution in [1.29, 1.82) is 0 Å². The normalized spacial score (nSPS) is 12.6. The molecule has 1 N–H and O–H groups in total. The van der Waals surface area contributed by atoms with Gasteiger partial charge >= 0.3 is 0 Å². The maximum Gasteiger partial charge on any atom is 0.0974 e. The standard InChI is InChI=1S/C15H22O/c1-11(2)9-13-5-7-14(8-6-13)15(16)10-12(3)4/h5-8,10-11,15-16H,9H2,1-4H3. The van der Waals surface area contributed by atoms with Crippen molar-refractivity contribution in [2.45, 2.75) is 40.2 Å². The van der Waals surface area contributed by atoms with Crippen LogP contribution in [0.5, 0.6) is 0 Å². The maximum absolute atomic E-state index is 9.89. The summed E-state index contributed by atoms with van der Waals surface area (Å²) in [4.78, 5) is 0. The summed E-state index contributed by atoms with van der Waals surface area (Å²) in [5.41, 5.74) is 3.44. The third-order valence-electron chi connectivity index (χ3n) is 2.46. The van der Waals surface area contributed by atoms with Gasteiger partial charge in [0.1, 0.15) is 0 Å². The minimum absolute atomic E-state index is 0.474. The Morgan fingerprint density at radius 3 is 2.19 bits per heavy atom. The highest BCUT2D eigenvalue weighted by atomic mass is 16.3. The van der Waals surface area contributed by atoms with Crippen LogP contribution in [0, 0.1) is 5.92 Å². The SMILES string of the molecule is CC(C)=CC(O)c1ccc(CC(C)C)cc1. The summed E-state index contributed by atoms with van der Waals surface area (Å²) < 4.78 is 0. The van der Waals surface area contributed by atoms with Crippen LogP contribution in [0.3, 0.4) is 0 Å². The molecule has 0 fully saturated rings. The van der Waals surface area contributed by atoms with Gasteiger partial charge in [-0.2, -0.15) is 0 Å². The second kappa shape index (κ2) is 5.86. The Morgan fingerprint density at radius 2 is 1.75 bits per heavy atom. The van der Waals surface area contributed by atoms with E-state index in [2.05, 4.69) is 26.0 Å². The highest BCUT2D eigenvalue weighted by Gasteiger charge is 2.04. The van der Waals surface area contributed by atoms with Gasteiger partial charge in [-0.3, -0.25) is 0 Å². The van der Waals surface area contributed by atoms with Crippen LogP contribution in [0.15, 0.2) is 35.9 Å². The quantitative estimate of drug-likeness (QED) is 0.760. The van der Waals surface area contributed by atoms with E-state index in [-0.39, 0.29) is 0 Å². The lowest BCUT2D eigenvalue weighted by atomic mass is 10.00. The number of hydrogen-bond acceptors (Lipinski definition) is 1. The molecular weight excluding hydrogens is 196 g/mol. The Labute approximate surface area is 98.8 Å². The van der Waals surface area contributed by atoms with E-state index < -0.39 is 6.10 Å². The molecule has 1 nitrogen and oxygen atoms in total. The molecule has 0 saturated heterocycles. The molecule has 1 aromatic rings. The summed E-state index contributed by atoms with van der Waals surface area (Å²) in [5.74, 6) is 0.675. The van der Waals surface area contributed by atoms with Gasteiger partial charge in [0.15, 0.2) is 0 Å². The Balaban J connectivity index is 2.74. The van der Waals surface area contributed by atoms with E-state index in [9.17, 15) is 5.11 Å². The molecule has 1 heteroatoms. The lowest BCUT2D eigenvalue weighted by molar-refractivity contribution is 0.227. The zero-order valence-electron chi connectivity index (χ0n) is 10.7. The van der Waals surface area contributed by atoms with Crippen molar-refractivity contribution in [3.63, 3.8) is 0 Å². The van der Waals surface area contributed by atoms with E-state index in [1.165, 1.54) is 5.56 Å². The molecular formula is C15H22O. The summed E-state index contributed by atoms with van der Waals surface area (Å²) in [6.07, 6.45) is 2.49. The molecule has 0 aliphatic rings. The third-order valence-corrected chi connectivity index (χ3v) is 2.46. The van der Waals surface area contributed by atoms with Gasteiger partial charge in [0, 0.05) is 0 Å². The molecule has 1 rings (SSSR count). The first-order valence-corrected chi connectivity index (χ1v) is 5.91. The van der Waals surface area contributed by atoms with E-state index in [4.69, 9.17) is 0 Å². The molecule has 0 spiro atoms. The molecule has 0 aliphatic heterocycles. The number of aliphatic hydroxyl groups excluding tert-OH is 1. The number of allylic oxidation sites excluding steroid dienone is 1. The monoisotopic (exact) mass is 218 g/mol. The molecule has 0 bridgehead atoms. The first-order valence-electron chi connectivity index (χ1n) is 5.91. The van der Waals surface area contributed by atoms with Gasteiger partial charge < -0.3 is 5.11 Å². The number of benzene rings is 1. The summed E-state index contributed by atoms with van der Waals surface area (Å²) in [7, 11) is 0. The molecule has 0 heterocycles. The molecule has 16 heavy (non-hydrogen) atoms. The lowest BCUT2D eigenvalue weighted by Gasteiger charge is -2.09. The summed E-state index contributed by atoms with van der Waals surface area (Å²) in [6.45, 7) is 8.42. The van der Waals surface area contributed by atoms with Gasteiger partial charge in [-0.25, -0.2) is 0 Å². The summed E-state index contributed by atoms with van der Waals surface area (Å²) >= 11 is 0. The van der Waals surface area contributed by atoms with Gasteiger partial charge in [-0.15, -0.1) is 0 Å². The van der Waals surface area contributed by atoms with Crippen molar-refractivity contribution in [2.24, 2.45) is 5.92 Å². The average Bonchev–Trinajstić information content (AvgIpc) is 2.16. The van der Waals surface area contributed by atoms with Crippen molar-refractivity contribution < 1.29 is 5.11 Å². The highest BCUT2D eigenvalue weighted by Crippen LogP contribution is 2.17. The van der Waals surface area contributed by atoms with E-state index >= 15 is 0 Å². The topological polar surface area (TPSA) is 20.2 Å². The van der Waals surface area contributed by atoms with Crippen LogP contribution < -0.4 is 0 Å². The second-order valence-electron chi connectivity index (χ2n) is 5.03. The number of rotatable bonds is 4. The minimum atomic E-state index is -0.474. The van der Waals surface area contributed by atoms with Gasteiger partial charge in [0.25, 0.3) is 0 Å². The molecule has 0 aliphatic carbocycles. The Bertz CT molecular complexity index is 342. The van der Waals surface area contributed by atoms with Gasteiger partial charge in [-0.1, -0.05) is 49.8 Å². The van der Waals surface area contributed by atoms with Crippen molar-refractivity contribution in [3.05, 3.63) is 47.0 Å². The molecule has 1 unspecified atom stereocenters. The van der Waals surface area contributed by atoms with Gasteiger partial charge in [-0.05, 0) is 37.3 Å². The first kappa shape index (κ1) is 13.0. The van der Waals surface area contributed by atoms with Crippen LogP contribution in [0.25, 0.3) is 0 Å². The highest BCUT2D eigenvalue weighted by molar-refractivity contribution is 5.27. The van der Waals surface area contributed by atoms with E-state index in [1.807, 2.05) is 32.1 Å². The van der Waals surface area contributed by atoms with Gasteiger partial charge in [0.2, 0.25) is 0 Å². The number of aliphatic hydroxyl groups is 1. The average molecular weight is 218 g/mol. The molecule has 1 atom stereocenters. The van der Waals surface area contributed by atoms with Crippen molar-refractivity contribution in [3.8, 4) is 0 Å². The second-order valence-corrected chi connectivity index (χ2v) is 5.03. The van der Waals surface area contributed by atoms with Crippen LogP contribution in [-0.4, -0.2) is 5.11 Å². The van der Waals surface area contributed by atoms with E-state index in [0.717, 1.165) is 17.6 Å². The summed E-state index contributed by atoms with van der Waals surface area (Å²) in [5, 5.41) is 9.89. The minimum Gasteiger partial charge on any atom is -0.384 e. The Kier molecular flexibility index (Phi) is 4.75. The Morgan fingerprint density at radius 1 is 1.19 bits per heavy atom. The predicted molar refractivity (Wildman–Crippen MR) is 69.4 cm³/mol. The third kappa shape index (κ3) is 4.19. The fourth-order valence-corrected chi connectivity index (χ4v) is 1.73. The van der Waals surface area contributed by atoms with E-state index in [1.54, 1.807) is 0 Å². The van der Waals surface area contributed by atoms with Crippen molar-refractivity contribution in [2.75, 3.05) is 0 Å². The van der Waals surface area contributed by atoms with Crippen molar-refractivity contribution >= 4 is 0 Å². The Hall–Kier alpha value is -1.08. The van der Waals surface area contributed by atoms with Crippen LogP contribution in [0.4, 0.5) is 0 Å². The fourth-order valence-electron chi connectivity index (χ4n) is 1.73. The molecule has 0 amide bonds. The van der Waals surface area contributed by atoms with Gasteiger partial charge in [0.05, 0.1) is 6.10 Å². The zero-order chi connectivity index (χ0) is 12.1.